The zero-order valence-corrected chi connectivity index (χ0v) is 16.9. The van der Waals surface area contributed by atoms with Crippen LogP contribution in [0, 0.1) is 6.92 Å². The molecule has 0 aliphatic heterocycles. The third kappa shape index (κ3) is 4.83. The number of carbonyl (C=O) groups is 1. The van der Waals surface area contributed by atoms with E-state index in [4.69, 9.17) is 4.18 Å². The van der Waals surface area contributed by atoms with Crippen molar-refractivity contribution < 1.29 is 17.4 Å². The molecule has 0 atom stereocenters. The van der Waals surface area contributed by atoms with E-state index in [1.54, 1.807) is 18.2 Å². The van der Waals surface area contributed by atoms with Crippen molar-refractivity contribution in [2.24, 2.45) is 0 Å². The minimum atomic E-state index is -3.97. The molecule has 2 aromatic rings. The molecule has 1 N–H and O–H groups in total. The highest BCUT2D eigenvalue weighted by Crippen LogP contribution is 2.31. The van der Waals surface area contributed by atoms with Crippen LogP contribution in [0.3, 0.4) is 0 Å². The zero-order valence-electron chi connectivity index (χ0n) is 14.5. The average molecular weight is 426 g/mol. The van der Waals surface area contributed by atoms with Crippen LogP contribution in [0.4, 0.5) is 5.69 Å². The quantitative estimate of drug-likeness (QED) is 0.709. The average Bonchev–Trinajstić information content (AvgIpc) is 2.50. The fourth-order valence-electron chi connectivity index (χ4n) is 2.31. The Bertz CT molecular complexity index is 890. The number of hydrogen-bond acceptors (Lipinski definition) is 4. The summed E-state index contributed by atoms with van der Waals surface area (Å²) in [5.74, 6) is 0.00463. The van der Waals surface area contributed by atoms with Crippen LogP contribution < -0.4 is 9.50 Å². The van der Waals surface area contributed by atoms with Gasteiger partial charge in [0.2, 0.25) is 5.91 Å². The van der Waals surface area contributed by atoms with E-state index in [-0.39, 0.29) is 22.5 Å². The van der Waals surface area contributed by atoms with Gasteiger partial charge < -0.3 is 9.50 Å². The molecule has 25 heavy (non-hydrogen) atoms. The van der Waals surface area contributed by atoms with Crippen molar-refractivity contribution in [1.29, 1.82) is 0 Å². The second-order valence-corrected chi connectivity index (χ2v) is 8.41. The molecule has 0 bridgehead atoms. The van der Waals surface area contributed by atoms with E-state index in [1.165, 1.54) is 19.1 Å². The summed E-state index contributed by atoms with van der Waals surface area (Å²) in [7, 11) is -3.97. The summed E-state index contributed by atoms with van der Waals surface area (Å²) in [6.07, 6.45) is 0. The maximum Gasteiger partial charge on any atom is 0.339 e. The Balaban J connectivity index is 2.36. The summed E-state index contributed by atoms with van der Waals surface area (Å²) in [5.41, 5.74) is 2.07. The first kappa shape index (κ1) is 19.5. The molecule has 0 spiro atoms. The summed E-state index contributed by atoms with van der Waals surface area (Å²) in [4.78, 5) is 11.2. The number of amides is 1. The van der Waals surface area contributed by atoms with Crippen LogP contribution in [0.15, 0.2) is 45.8 Å². The lowest BCUT2D eigenvalue weighted by Gasteiger charge is -2.16. The van der Waals surface area contributed by atoms with Gasteiger partial charge in [-0.25, -0.2) is 0 Å². The van der Waals surface area contributed by atoms with E-state index in [0.29, 0.717) is 11.3 Å². The van der Waals surface area contributed by atoms with E-state index >= 15 is 0 Å². The predicted octanol–water partition coefficient (Wildman–Crippen LogP) is 4.61. The zero-order chi connectivity index (χ0) is 18.8. The van der Waals surface area contributed by atoms with Crippen LogP contribution in [0.1, 0.15) is 37.8 Å². The molecule has 0 aliphatic carbocycles. The van der Waals surface area contributed by atoms with Crippen LogP contribution in [-0.4, -0.2) is 14.3 Å². The van der Waals surface area contributed by atoms with Crippen molar-refractivity contribution in [3.63, 3.8) is 0 Å². The molecule has 0 unspecified atom stereocenters. The Morgan fingerprint density at radius 3 is 2.28 bits per heavy atom. The van der Waals surface area contributed by atoms with Gasteiger partial charge in [0.05, 0.1) is 0 Å². The number of aryl methyl sites for hydroxylation is 1. The van der Waals surface area contributed by atoms with E-state index in [2.05, 4.69) is 21.2 Å². The first-order chi connectivity index (χ1) is 11.6. The van der Waals surface area contributed by atoms with Gasteiger partial charge in [0.1, 0.15) is 10.6 Å². The van der Waals surface area contributed by atoms with Crippen molar-refractivity contribution in [1.82, 2.24) is 0 Å². The standard InChI is InChI=1S/C18H20BrNO4S/c1-11(2)16-10-17(19)12(3)9-18(16)25(22,23)24-15-7-5-14(6-8-15)20-13(4)21/h5-11H,1-4H3,(H,20,21). The maximum absolute atomic E-state index is 12.7. The topological polar surface area (TPSA) is 72.5 Å². The second-order valence-electron chi connectivity index (χ2n) is 6.04. The van der Waals surface area contributed by atoms with Gasteiger partial charge >= 0.3 is 10.1 Å². The number of halogens is 1. The van der Waals surface area contributed by atoms with E-state index < -0.39 is 10.1 Å². The van der Waals surface area contributed by atoms with Crippen molar-refractivity contribution >= 4 is 37.6 Å². The SMILES string of the molecule is CC(=O)Nc1ccc(OS(=O)(=O)c2cc(C)c(Br)cc2C(C)C)cc1. The first-order valence-electron chi connectivity index (χ1n) is 7.72. The summed E-state index contributed by atoms with van der Waals surface area (Å²) >= 11 is 3.44. The van der Waals surface area contributed by atoms with Crippen molar-refractivity contribution in [2.75, 3.05) is 5.32 Å². The van der Waals surface area contributed by atoms with Gasteiger partial charge in [-0.15, -0.1) is 0 Å². The smallest absolute Gasteiger partial charge is 0.339 e. The van der Waals surface area contributed by atoms with Crippen LogP contribution in [-0.2, 0) is 14.9 Å². The second kappa shape index (κ2) is 7.58. The molecular weight excluding hydrogens is 406 g/mol. The Labute approximate surface area is 156 Å². The molecule has 0 aromatic heterocycles. The number of nitrogens with one attached hydrogen (secondary N) is 1. The van der Waals surface area contributed by atoms with E-state index in [9.17, 15) is 13.2 Å². The van der Waals surface area contributed by atoms with Crippen LogP contribution in [0.25, 0.3) is 0 Å². The van der Waals surface area contributed by atoms with Crippen molar-refractivity contribution in [3.8, 4) is 5.75 Å². The van der Waals surface area contributed by atoms with Gasteiger partial charge in [-0.1, -0.05) is 29.8 Å². The molecular formula is C18H20BrNO4S. The largest absolute Gasteiger partial charge is 0.379 e. The lowest BCUT2D eigenvalue weighted by molar-refractivity contribution is -0.114. The molecule has 0 radical (unpaired) electrons. The summed E-state index contributed by atoms with van der Waals surface area (Å²) in [5, 5.41) is 2.62. The maximum atomic E-state index is 12.7. The minimum Gasteiger partial charge on any atom is -0.379 e. The molecule has 1 amide bonds. The van der Waals surface area contributed by atoms with Crippen LogP contribution in [0.5, 0.6) is 5.75 Å². The first-order valence-corrected chi connectivity index (χ1v) is 9.92. The van der Waals surface area contributed by atoms with Gasteiger partial charge in [0, 0.05) is 17.1 Å². The van der Waals surface area contributed by atoms with Crippen LogP contribution in [0.2, 0.25) is 0 Å². The molecule has 0 aliphatic rings. The Morgan fingerprint density at radius 1 is 1.16 bits per heavy atom. The monoisotopic (exact) mass is 425 g/mol. The molecule has 0 saturated carbocycles. The lowest BCUT2D eigenvalue weighted by Crippen LogP contribution is -2.13. The lowest BCUT2D eigenvalue weighted by atomic mass is 10.0. The molecule has 0 heterocycles. The van der Waals surface area contributed by atoms with E-state index in [1.807, 2.05) is 26.8 Å². The number of rotatable bonds is 5. The number of anilines is 1. The van der Waals surface area contributed by atoms with Gasteiger partial charge in [-0.05, 0) is 60.4 Å². The predicted molar refractivity (Wildman–Crippen MR) is 102 cm³/mol. The fourth-order valence-corrected chi connectivity index (χ4v) is 4.03. The van der Waals surface area contributed by atoms with Crippen LogP contribution >= 0.6 is 15.9 Å². The van der Waals surface area contributed by atoms with Gasteiger partial charge in [0.25, 0.3) is 0 Å². The van der Waals surface area contributed by atoms with Gasteiger partial charge in [0.15, 0.2) is 0 Å². The molecule has 134 valence electrons. The molecule has 5 nitrogen and oxygen atoms in total. The third-order valence-electron chi connectivity index (χ3n) is 3.56. The number of hydrogen-bond donors (Lipinski definition) is 1. The van der Waals surface area contributed by atoms with Gasteiger partial charge in [-0.3, -0.25) is 4.79 Å². The third-order valence-corrected chi connectivity index (χ3v) is 5.72. The van der Waals surface area contributed by atoms with E-state index in [0.717, 1.165) is 10.0 Å². The normalized spacial score (nSPS) is 11.4. The molecule has 7 heteroatoms. The van der Waals surface area contributed by atoms with Crippen molar-refractivity contribution in [3.05, 3.63) is 52.0 Å². The number of benzene rings is 2. The summed E-state index contributed by atoms with van der Waals surface area (Å²) in [6, 6.07) is 9.61. The summed E-state index contributed by atoms with van der Waals surface area (Å²) in [6.45, 7) is 7.09. The molecule has 0 saturated heterocycles. The van der Waals surface area contributed by atoms with Crippen molar-refractivity contribution in [2.45, 2.75) is 38.5 Å². The summed E-state index contributed by atoms with van der Waals surface area (Å²) < 4.78 is 31.6. The fraction of sp³-hybridized carbons (Fsp3) is 0.278. The molecule has 0 fully saturated rings. The highest BCUT2D eigenvalue weighted by molar-refractivity contribution is 9.10. The number of carbonyl (C=O) groups excluding carboxylic acids is 1. The molecule has 2 aromatic carbocycles. The highest BCUT2D eigenvalue weighted by atomic mass is 79.9. The Hall–Kier alpha value is -1.86. The minimum absolute atomic E-state index is 0.0208. The molecule has 2 rings (SSSR count). The Morgan fingerprint density at radius 2 is 1.76 bits per heavy atom. The van der Waals surface area contributed by atoms with Gasteiger partial charge in [-0.2, -0.15) is 8.42 Å². The highest BCUT2D eigenvalue weighted by Gasteiger charge is 2.23. The Kier molecular flexibility index (Phi) is 5.90.